The molecule has 0 fully saturated rings. The maximum absolute atomic E-state index is 6.91. The largest absolute Gasteiger partial charge is 0.496 e. The number of methoxy groups -OCH3 is 1. The molecule has 0 aromatic heterocycles. The molecular weight excluding hydrogens is 494 g/mol. The minimum atomic E-state index is -0.444. The van der Waals surface area contributed by atoms with E-state index < -0.39 is 10.8 Å². The lowest BCUT2D eigenvalue weighted by Crippen LogP contribution is -2.23. The molecule has 3 aromatic carbocycles. The highest BCUT2D eigenvalue weighted by Gasteiger charge is 2.33. The molecule has 3 aromatic rings. The van der Waals surface area contributed by atoms with Gasteiger partial charge in [-0.15, -0.1) is 0 Å². The Morgan fingerprint density at radius 2 is 1.33 bits per heavy atom. The first-order chi connectivity index (χ1) is 15.3. The van der Waals surface area contributed by atoms with Crippen molar-refractivity contribution >= 4 is 46.4 Å². The highest BCUT2D eigenvalue weighted by molar-refractivity contribution is 6.42. The van der Waals surface area contributed by atoms with Crippen LogP contribution in [0.25, 0.3) is 0 Å². The van der Waals surface area contributed by atoms with Crippen LogP contribution in [0.4, 0.5) is 0 Å². The monoisotopic (exact) mass is 522 g/mol. The fourth-order valence-electron chi connectivity index (χ4n) is 4.39. The fraction of sp³-hybridized carbons (Fsp3) is 0.357. The molecule has 0 amide bonds. The highest BCUT2D eigenvalue weighted by Crippen LogP contribution is 2.46. The van der Waals surface area contributed by atoms with E-state index in [-0.39, 0.29) is 0 Å². The van der Waals surface area contributed by atoms with E-state index in [9.17, 15) is 0 Å². The number of benzene rings is 3. The van der Waals surface area contributed by atoms with Gasteiger partial charge in [-0.2, -0.15) is 0 Å². The zero-order valence-electron chi connectivity index (χ0n) is 20.1. The molecule has 0 aliphatic carbocycles. The van der Waals surface area contributed by atoms with Crippen LogP contribution in [0.2, 0.25) is 20.1 Å². The zero-order valence-corrected chi connectivity index (χ0v) is 23.1. The average molecular weight is 524 g/mol. The highest BCUT2D eigenvalue weighted by atomic mass is 35.5. The van der Waals surface area contributed by atoms with E-state index in [0.29, 0.717) is 26.0 Å². The molecule has 0 radical (unpaired) electrons. The van der Waals surface area contributed by atoms with E-state index in [1.54, 1.807) is 13.2 Å². The lowest BCUT2D eigenvalue weighted by molar-refractivity contribution is 0.406. The van der Waals surface area contributed by atoms with E-state index in [1.807, 2.05) is 24.3 Å². The van der Waals surface area contributed by atoms with E-state index in [1.165, 1.54) is 5.56 Å². The van der Waals surface area contributed by atoms with Gasteiger partial charge in [0.05, 0.1) is 17.2 Å². The Kier molecular flexibility index (Phi) is 7.71. The van der Waals surface area contributed by atoms with Crippen LogP contribution in [0.3, 0.4) is 0 Å². The van der Waals surface area contributed by atoms with Gasteiger partial charge in [0.2, 0.25) is 0 Å². The Morgan fingerprint density at radius 3 is 1.88 bits per heavy atom. The third-order valence-electron chi connectivity index (χ3n) is 6.59. The molecule has 0 saturated carbocycles. The summed E-state index contributed by atoms with van der Waals surface area (Å²) in [6.45, 7) is 12.7. The number of halogens is 4. The summed E-state index contributed by atoms with van der Waals surface area (Å²) in [6.07, 6.45) is 0. The van der Waals surface area contributed by atoms with E-state index in [0.717, 1.165) is 28.0 Å². The normalized spacial score (nSPS) is 12.4. The predicted molar refractivity (Wildman–Crippen MR) is 144 cm³/mol. The van der Waals surface area contributed by atoms with Gasteiger partial charge in [-0.05, 0) is 58.0 Å². The molecule has 33 heavy (non-hydrogen) atoms. The van der Waals surface area contributed by atoms with Gasteiger partial charge in [0.1, 0.15) is 5.75 Å². The Balaban J connectivity index is 2.12. The Labute approximate surface area is 218 Å². The molecule has 1 nitrogen and oxygen atoms in total. The molecule has 0 aliphatic rings. The van der Waals surface area contributed by atoms with Crippen LogP contribution >= 0.6 is 46.4 Å². The number of hydrogen-bond donors (Lipinski definition) is 0. The van der Waals surface area contributed by atoms with Crippen molar-refractivity contribution < 1.29 is 4.74 Å². The van der Waals surface area contributed by atoms with Gasteiger partial charge in [-0.3, -0.25) is 0 Å². The van der Waals surface area contributed by atoms with E-state index in [4.69, 9.17) is 51.1 Å². The second-order valence-corrected chi connectivity index (χ2v) is 11.4. The van der Waals surface area contributed by atoms with Crippen LogP contribution in [0, 0.1) is 0 Å². The topological polar surface area (TPSA) is 9.23 Å². The van der Waals surface area contributed by atoms with Crippen molar-refractivity contribution in [2.24, 2.45) is 0 Å². The Hall–Kier alpha value is -1.38. The lowest BCUT2D eigenvalue weighted by atomic mass is 9.74. The van der Waals surface area contributed by atoms with Gasteiger partial charge in [-0.25, -0.2) is 0 Å². The van der Waals surface area contributed by atoms with Crippen molar-refractivity contribution in [3.63, 3.8) is 0 Å². The van der Waals surface area contributed by atoms with Gasteiger partial charge in [0.25, 0.3) is 0 Å². The molecule has 176 valence electrons. The van der Waals surface area contributed by atoms with Crippen LogP contribution in [0.1, 0.15) is 75.3 Å². The van der Waals surface area contributed by atoms with Crippen LogP contribution in [0.15, 0.2) is 48.5 Å². The number of hydrogen-bond acceptors (Lipinski definition) is 1. The molecular formula is C28H30Cl4O. The fourth-order valence-corrected chi connectivity index (χ4v) is 5.89. The minimum Gasteiger partial charge on any atom is -0.496 e. The third-order valence-corrected chi connectivity index (χ3v) is 8.01. The summed E-state index contributed by atoms with van der Waals surface area (Å²) >= 11 is 26.7. The zero-order chi connectivity index (χ0) is 24.7. The molecule has 0 spiro atoms. The van der Waals surface area contributed by atoms with Crippen molar-refractivity contribution in [2.75, 3.05) is 7.11 Å². The molecule has 0 saturated heterocycles. The van der Waals surface area contributed by atoms with Crippen molar-refractivity contribution in [1.82, 2.24) is 0 Å². The van der Waals surface area contributed by atoms with Gasteiger partial charge in [0.15, 0.2) is 0 Å². The predicted octanol–water partition coefficient (Wildman–Crippen LogP) is 10.1. The average Bonchev–Trinajstić information content (AvgIpc) is 2.74. The first kappa shape index (κ1) is 26.2. The molecule has 3 rings (SSSR count). The second-order valence-electron chi connectivity index (χ2n) is 9.78. The maximum Gasteiger partial charge on any atom is 0.122 e. The summed E-state index contributed by atoms with van der Waals surface area (Å²) < 4.78 is 5.68. The molecule has 0 atom stereocenters. The van der Waals surface area contributed by atoms with Crippen LogP contribution in [0.5, 0.6) is 5.75 Å². The van der Waals surface area contributed by atoms with Crippen LogP contribution in [-0.4, -0.2) is 7.11 Å². The number of ether oxygens (including phenoxy) is 1. The van der Waals surface area contributed by atoms with Crippen molar-refractivity contribution in [3.05, 3.63) is 96.4 Å². The first-order valence-corrected chi connectivity index (χ1v) is 12.5. The van der Waals surface area contributed by atoms with Crippen LogP contribution in [-0.2, 0) is 10.8 Å². The Bertz CT molecular complexity index is 1160. The summed E-state index contributed by atoms with van der Waals surface area (Å²) in [7, 11) is 1.70. The van der Waals surface area contributed by atoms with E-state index in [2.05, 4.69) is 59.7 Å². The smallest absolute Gasteiger partial charge is 0.122 e. The second kappa shape index (κ2) is 9.70. The summed E-state index contributed by atoms with van der Waals surface area (Å²) in [4.78, 5) is 0. The Morgan fingerprint density at radius 1 is 0.727 bits per heavy atom. The summed E-state index contributed by atoms with van der Waals surface area (Å²) in [5.41, 5.74) is 4.14. The standard InChI is InChI=1S/C28H30Cl4O/c1-16(2)19-12-11-17(15-24(19)33-7)28(5,6)25-22(30)13-18(14-23(25)31)27(3,4)20-9-8-10-21(29)26(20)32/h8-16H,1-7H3. The third kappa shape index (κ3) is 4.89. The summed E-state index contributed by atoms with van der Waals surface area (Å²) in [5.74, 6) is 1.24. The van der Waals surface area contributed by atoms with Crippen LogP contribution < -0.4 is 4.74 Å². The molecule has 0 heterocycles. The van der Waals surface area contributed by atoms with Crippen molar-refractivity contribution in [1.29, 1.82) is 0 Å². The quantitative estimate of drug-likeness (QED) is 0.312. The SMILES string of the molecule is COc1cc(C(C)(C)c2c(Cl)cc(C(C)(C)c3cccc(Cl)c3Cl)cc2Cl)ccc1C(C)C. The molecule has 0 aliphatic heterocycles. The van der Waals surface area contributed by atoms with Crippen molar-refractivity contribution in [2.45, 2.75) is 58.3 Å². The molecule has 0 unspecified atom stereocenters. The van der Waals surface area contributed by atoms with Gasteiger partial charge in [-0.1, -0.05) is 112 Å². The number of rotatable bonds is 6. The minimum absolute atomic E-state index is 0.365. The summed E-state index contributed by atoms with van der Waals surface area (Å²) in [6, 6.07) is 16.0. The van der Waals surface area contributed by atoms with Crippen molar-refractivity contribution in [3.8, 4) is 5.75 Å². The van der Waals surface area contributed by atoms with E-state index >= 15 is 0 Å². The van der Waals surface area contributed by atoms with Gasteiger partial charge >= 0.3 is 0 Å². The molecule has 0 N–H and O–H groups in total. The maximum atomic E-state index is 6.91. The first-order valence-electron chi connectivity index (χ1n) is 10.9. The molecule has 5 heteroatoms. The molecule has 0 bridgehead atoms. The lowest BCUT2D eigenvalue weighted by Gasteiger charge is -2.32. The van der Waals surface area contributed by atoms with Gasteiger partial charge in [0, 0.05) is 20.9 Å². The summed E-state index contributed by atoms with van der Waals surface area (Å²) in [5, 5.41) is 2.29. The van der Waals surface area contributed by atoms with Gasteiger partial charge < -0.3 is 4.74 Å².